The predicted molar refractivity (Wildman–Crippen MR) is 83.1 cm³/mol. The molecule has 0 radical (unpaired) electrons. The molecule has 0 aliphatic carbocycles. The molecule has 3 nitrogen and oxygen atoms in total. The van der Waals surface area contributed by atoms with E-state index >= 15 is 0 Å². The zero-order valence-corrected chi connectivity index (χ0v) is 12.8. The van der Waals surface area contributed by atoms with E-state index in [1.807, 2.05) is 48.5 Å². The van der Waals surface area contributed by atoms with Crippen molar-refractivity contribution in [3.63, 3.8) is 0 Å². The third-order valence-electron chi connectivity index (χ3n) is 2.50. The highest BCUT2D eigenvalue weighted by Gasteiger charge is 2.03. The van der Waals surface area contributed by atoms with Crippen LogP contribution in [0.5, 0.6) is 17.2 Å². The molecule has 0 saturated heterocycles. The first-order chi connectivity index (χ1) is 9.31. The van der Waals surface area contributed by atoms with Gasteiger partial charge >= 0.3 is 0 Å². The van der Waals surface area contributed by atoms with Gasteiger partial charge in [-0.15, -0.1) is 0 Å². The molecule has 0 unspecified atom stereocenters. The summed E-state index contributed by atoms with van der Waals surface area (Å²) < 4.78 is 17.6. The monoisotopic (exact) mass is 370 g/mol. The van der Waals surface area contributed by atoms with E-state index in [0.29, 0.717) is 13.2 Å². The molecule has 0 bridgehead atoms. The standard InChI is InChI=1S/C15H15IO3/c1-17-14-8-4-5-9-15(14)19-11-10-18-13-7-3-2-6-12(13)16/h2-9H,10-11H2,1H3. The van der Waals surface area contributed by atoms with Gasteiger partial charge in [-0.1, -0.05) is 24.3 Å². The molecule has 2 aromatic rings. The van der Waals surface area contributed by atoms with Crippen LogP contribution in [0.3, 0.4) is 0 Å². The van der Waals surface area contributed by atoms with Crippen LogP contribution in [0.25, 0.3) is 0 Å². The minimum atomic E-state index is 0.478. The molecular weight excluding hydrogens is 355 g/mol. The maximum Gasteiger partial charge on any atom is 0.161 e. The summed E-state index contributed by atoms with van der Waals surface area (Å²) >= 11 is 2.25. The number of halogens is 1. The minimum Gasteiger partial charge on any atom is -0.493 e. The fraction of sp³-hybridized carbons (Fsp3) is 0.200. The van der Waals surface area contributed by atoms with Crippen molar-refractivity contribution in [2.24, 2.45) is 0 Å². The van der Waals surface area contributed by atoms with Gasteiger partial charge < -0.3 is 14.2 Å². The van der Waals surface area contributed by atoms with Gasteiger partial charge in [0.15, 0.2) is 11.5 Å². The first-order valence-corrected chi connectivity index (χ1v) is 7.02. The van der Waals surface area contributed by atoms with Crippen molar-refractivity contribution < 1.29 is 14.2 Å². The van der Waals surface area contributed by atoms with Gasteiger partial charge in [-0.2, -0.15) is 0 Å². The van der Waals surface area contributed by atoms with E-state index in [1.165, 1.54) is 0 Å². The Kier molecular flexibility index (Phi) is 5.32. The van der Waals surface area contributed by atoms with Crippen LogP contribution >= 0.6 is 22.6 Å². The fourth-order valence-corrected chi connectivity index (χ4v) is 2.15. The summed E-state index contributed by atoms with van der Waals surface area (Å²) in [6, 6.07) is 15.5. The molecule has 0 spiro atoms. The Morgan fingerprint density at radius 1 is 0.789 bits per heavy atom. The third-order valence-corrected chi connectivity index (χ3v) is 3.40. The minimum absolute atomic E-state index is 0.478. The second-order valence-electron chi connectivity index (χ2n) is 3.78. The molecule has 0 atom stereocenters. The maximum atomic E-state index is 5.66. The van der Waals surface area contributed by atoms with E-state index in [0.717, 1.165) is 20.8 Å². The highest BCUT2D eigenvalue weighted by molar-refractivity contribution is 14.1. The van der Waals surface area contributed by atoms with Gasteiger partial charge in [0.05, 0.1) is 10.7 Å². The van der Waals surface area contributed by atoms with Crippen molar-refractivity contribution in [1.82, 2.24) is 0 Å². The van der Waals surface area contributed by atoms with Gasteiger partial charge in [0.2, 0.25) is 0 Å². The lowest BCUT2D eigenvalue weighted by Gasteiger charge is -2.11. The quantitative estimate of drug-likeness (QED) is 0.573. The highest BCUT2D eigenvalue weighted by atomic mass is 127. The molecule has 0 aliphatic rings. The van der Waals surface area contributed by atoms with E-state index < -0.39 is 0 Å². The Hall–Kier alpha value is -1.43. The van der Waals surface area contributed by atoms with E-state index in [2.05, 4.69) is 22.6 Å². The summed E-state index contributed by atoms with van der Waals surface area (Å²) in [6.07, 6.45) is 0. The maximum absolute atomic E-state index is 5.66. The Morgan fingerprint density at radius 2 is 1.32 bits per heavy atom. The van der Waals surface area contributed by atoms with Gasteiger partial charge in [0.1, 0.15) is 19.0 Å². The molecule has 0 saturated carbocycles. The zero-order chi connectivity index (χ0) is 13.5. The fourth-order valence-electron chi connectivity index (χ4n) is 1.60. The van der Waals surface area contributed by atoms with Gasteiger partial charge in [-0.25, -0.2) is 0 Å². The Balaban J connectivity index is 1.83. The van der Waals surface area contributed by atoms with Crippen LogP contribution in [0.4, 0.5) is 0 Å². The predicted octanol–water partition coefficient (Wildman–Crippen LogP) is 3.76. The van der Waals surface area contributed by atoms with Gasteiger partial charge in [-0.05, 0) is 46.9 Å². The highest BCUT2D eigenvalue weighted by Crippen LogP contribution is 2.25. The summed E-state index contributed by atoms with van der Waals surface area (Å²) in [6.45, 7) is 0.976. The van der Waals surface area contributed by atoms with Crippen LogP contribution in [0.2, 0.25) is 0 Å². The number of para-hydroxylation sites is 3. The summed E-state index contributed by atoms with van der Waals surface area (Å²) in [5.41, 5.74) is 0. The van der Waals surface area contributed by atoms with Gasteiger partial charge in [0.25, 0.3) is 0 Å². The average Bonchev–Trinajstić information content (AvgIpc) is 2.45. The number of ether oxygens (including phenoxy) is 3. The van der Waals surface area contributed by atoms with Crippen LogP contribution in [0.1, 0.15) is 0 Å². The largest absolute Gasteiger partial charge is 0.493 e. The van der Waals surface area contributed by atoms with Crippen molar-refractivity contribution in [2.45, 2.75) is 0 Å². The molecule has 0 aromatic heterocycles. The number of benzene rings is 2. The number of methoxy groups -OCH3 is 1. The smallest absolute Gasteiger partial charge is 0.161 e. The Bertz CT molecular complexity index is 528. The average molecular weight is 370 g/mol. The first kappa shape index (κ1) is 14.0. The molecule has 0 aliphatic heterocycles. The van der Waals surface area contributed by atoms with Crippen molar-refractivity contribution in [3.05, 3.63) is 52.1 Å². The molecule has 2 aromatic carbocycles. The van der Waals surface area contributed by atoms with E-state index in [1.54, 1.807) is 7.11 Å². The summed E-state index contributed by atoms with van der Waals surface area (Å²) in [5, 5.41) is 0. The second kappa shape index (κ2) is 7.23. The SMILES string of the molecule is COc1ccccc1OCCOc1ccccc1I. The van der Waals surface area contributed by atoms with Crippen LogP contribution in [-0.2, 0) is 0 Å². The molecule has 4 heteroatoms. The van der Waals surface area contributed by atoms with E-state index in [-0.39, 0.29) is 0 Å². The van der Waals surface area contributed by atoms with Crippen molar-refractivity contribution in [1.29, 1.82) is 0 Å². The molecule has 19 heavy (non-hydrogen) atoms. The summed E-state index contributed by atoms with van der Waals surface area (Å²) in [7, 11) is 1.63. The van der Waals surface area contributed by atoms with Crippen molar-refractivity contribution >= 4 is 22.6 Å². The van der Waals surface area contributed by atoms with Crippen LogP contribution in [0.15, 0.2) is 48.5 Å². The second-order valence-corrected chi connectivity index (χ2v) is 4.94. The molecule has 0 amide bonds. The number of hydrogen-bond donors (Lipinski definition) is 0. The van der Waals surface area contributed by atoms with Crippen LogP contribution in [-0.4, -0.2) is 20.3 Å². The lowest BCUT2D eigenvalue weighted by atomic mass is 10.3. The van der Waals surface area contributed by atoms with Crippen molar-refractivity contribution in [3.8, 4) is 17.2 Å². The molecule has 0 fully saturated rings. The van der Waals surface area contributed by atoms with E-state index in [4.69, 9.17) is 14.2 Å². The molecular formula is C15H15IO3. The molecule has 100 valence electrons. The van der Waals surface area contributed by atoms with Gasteiger partial charge in [0, 0.05) is 0 Å². The first-order valence-electron chi connectivity index (χ1n) is 5.94. The summed E-state index contributed by atoms with van der Waals surface area (Å²) in [4.78, 5) is 0. The lowest BCUT2D eigenvalue weighted by molar-refractivity contribution is 0.210. The van der Waals surface area contributed by atoms with Crippen LogP contribution < -0.4 is 14.2 Å². The number of rotatable bonds is 6. The topological polar surface area (TPSA) is 27.7 Å². The Labute approximate surface area is 126 Å². The molecule has 0 N–H and O–H groups in total. The Morgan fingerprint density at radius 3 is 1.95 bits per heavy atom. The lowest BCUT2D eigenvalue weighted by Crippen LogP contribution is -2.10. The van der Waals surface area contributed by atoms with Gasteiger partial charge in [-0.3, -0.25) is 0 Å². The van der Waals surface area contributed by atoms with E-state index in [9.17, 15) is 0 Å². The van der Waals surface area contributed by atoms with Crippen LogP contribution in [0, 0.1) is 3.57 Å². The van der Waals surface area contributed by atoms with Crippen molar-refractivity contribution in [2.75, 3.05) is 20.3 Å². The third kappa shape index (κ3) is 4.02. The molecule has 2 rings (SSSR count). The number of hydrogen-bond acceptors (Lipinski definition) is 3. The summed E-state index contributed by atoms with van der Waals surface area (Å²) in [5.74, 6) is 2.35. The molecule has 0 heterocycles. The normalized spacial score (nSPS) is 10.0. The zero-order valence-electron chi connectivity index (χ0n) is 10.6.